The Bertz CT molecular complexity index is 1130. The highest BCUT2D eigenvalue weighted by Gasteiger charge is 2.43. The number of hydrogen-bond acceptors (Lipinski definition) is 6. The number of likely N-dealkylation sites (N-methyl/N-ethyl adjacent to an activating group) is 1. The Hall–Kier alpha value is -2.26. The second-order valence-corrected chi connectivity index (χ2v) is 12.6. The average molecular weight is 549 g/mol. The van der Waals surface area contributed by atoms with Crippen LogP contribution in [0.1, 0.15) is 37.7 Å². The Morgan fingerprint density at radius 1 is 1.24 bits per heavy atom. The first-order valence-corrected chi connectivity index (χ1v) is 15.0. The second-order valence-electron chi connectivity index (χ2n) is 10.5. The van der Waals surface area contributed by atoms with Crippen LogP contribution in [0.15, 0.2) is 30.6 Å². The van der Waals surface area contributed by atoms with Gasteiger partial charge in [-0.2, -0.15) is 0 Å². The van der Waals surface area contributed by atoms with Crippen LogP contribution in [0.4, 0.5) is 10.3 Å². The number of hydrogen-bond donors (Lipinski definition) is 0. The van der Waals surface area contributed by atoms with Crippen molar-refractivity contribution >= 4 is 34.3 Å². The van der Waals surface area contributed by atoms with Crippen LogP contribution in [-0.4, -0.2) is 69.3 Å². The molecule has 5 rings (SSSR count). The number of amides is 1. The van der Waals surface area contributed by atoms with Crippen LogP contribution in [0.25, 0.3) is 0 Å². The third-order valence-electron chi connectivity index (χ3n) is 8.13. The number of benzene rings is 1. The number of halogens is 2. The summed E-state index contributed by atoms with van der Waals surface area (Å²) in [5, 5.41) is 0.554. The predicted molar refractivity (Wildman–Crippen MR) is 143 cm³/mol. The summed E-state index contributed by atoms with van der Waals surface area (Å²) in [4.78, 5) is 25.1. The standard InChI is InChI=1S/C27H34ClFN4O3S/c1-32(22-7-11-37(35)17-22)26(34)13-20-2-3-23(14-25(20)29)36-10-6-19-12-24(19)18-4-8-33(9-5-18)27-30-15-21(28)16-31-27/h2-3,14-16,18-19,22,24H,4-13,17H2,1H3. The number of anilines is 1. The molecule has 2 saturated heterocycles. The van der Waals surface area contributed by atoms with E-state index in [2.05, 4.69) is 14.9 Å². The quantitative estimate of drug-likeness (QED) is 0.469. The molecule has 200 valence electrons. The molecule has 0 radical (unpaired) electrons. The summed E-state index contributed by atoms with van der Waals surface area (Å²) in [6.07, 6.45) is 8.53. The molecule has 1 aromatic heterocycles. The first kappa shape index (κ1) is 26.4. The zero-order valence-corrected chi connectivity index (χ0v) is 22.7. The molecule has 3 heterocycles. The molecule has 1 saturated carbocycles. The minimum absolute atomic E-state index is 0.00152. The number of nitrogens with zero attached hydrogens (tertiary/aromatic N) is 4. The number of piperidine rings is 1. The summed E-state index contributed by atoms with van der Waals surface area (Å²) < 4.78 is 32.1. The molecule has 4 unspecified atom stereocenters. The van der Waals surface area contributed by atoms with Crippen molar-refractivity contribution in [3.63, 3.8) is 0 Å². The molecule has 1 aromatic carbocycles. The van der Waals surface area contributed by atoms with Crippen LogP contribution in [0, 0.1) is 23.6 Å². The first-order valence-electron chi connectivity index (χ1n) is 13.1. The minimum Gasteiger partial charge on any atom is -0.493 e. The molecule has 2 aromatic rings. The fourth-order valence-electron chi connectivity index (χ4n) is 5.71. The van der Waals surface area contributed by atoms with Gasteiger partial charge in [0.15, 0.2) is 0 Å². The van der Waals surface area contributed by atoms with Crippen molar-refractivity contribution in [1.82, 2.24) is 14.9 Å². The van der Waals surface area contributed by atoms with E-state index in [-0.39, 0.29) is 18.4 Å². The summed E-state index contributed by atoms with van der Waals surface area (Å²) in [5.41, 5.74) is 0.362. The highest BCUT2D eigenvalue weighted by Crippen LogP contribution is 2.49. The summed E-state index contributed by atoms with van der Waals surface area (Å²) in [6.45, 7) is 2.50. The van der Waals surface area contributed by atoms with Crippen LogP contribution < -0.4 is 9.64 Å². The Kier molecular flexibility index (Phi) is 8.29. The van der Waals surface area contributed by atoms with Gasteiger partial charge in [0.1, 0.15) is 11.6 Å². The van der Waals surface area contributed by atoms with Gasteiger partial charge in [0, 0.05) is 54.6 Å². The molecular formula is C27H34ClFN4O3S. The van der Waals surface area contributed by atoms with E-state index in [1.165, 1.54) is 12.5 Å². The summed E-state index contributed by atoms with van der Waals surface area (Å²) >= 11 is 5.89. The molecule has 4 atom stereocenters. The third kappa shape index (κ3) is 6.60. The van der Waals surface area contributed by atoms with Crippen LogP contribution in [0.3, 0.4) is 0 Å². The van der Waals surface area contributed by atoms with Crippen molar-refractivity contribution in [1.29, 1.82) is 0 Å². The van der Waals surface area contributed by atoms with Crippen molar-refractivity contribution < 1.29 is 18.1 Å². The second kappa shape index (κ2) is 11.6. The Morgan fingerprint density at radius 3 is 2.68 bits per heavy atom. The Balaban J connectivity index is 1.02. The highest BCUT2D eigenvalue weighted by molar-refractivity contribution is 7.85. The van der Waals surface area contributed by atoms with Gasteiger partial charge in [-0.15, -0.1) is 0 Å². The van der Waals surface area contributed by atoms with Crippen LogP contribution in [0.2, 0.25) is 5.02 Å². The van der Waals surface area contributed by atoms with E-state index in [1.54, 1.807) is 36.5 Å². The van der Waals surface area contributed by atoms with Gasteiger partial charge in [0.05, 0.1) is 30.4 Å². The molecule has 0 bridgehead atoms. The first-order chi connectivity index (χ1) is 17.9. The van der Waals surface area contributed by atoms with Gasteiger partial charge in [-0.3, -0.25) is 9.00 Å². The monoisotopic (exact) mass is 548 g/mol. The largest absolute Gasteiger partial charge is 0.493 e. The van der Waals surface area contributed by atoms with E-state index in [0.717, 1.165) is 56.6 Å². The van der Waals surface area contributed by atoms with Gasteiger partial charge >= 0.3 is 0 Å². The smallest absolute Gasteiger partial charge is 0.227 e. The molecule has 3 aliphatic rings. The maximum absolute atomic E-state index is 14.7. The molecule has 37 heavy (non-hydrogen) atoms. The number of rotatable bonds is 9. The molecule has 0 spiro atoms. The topological polar surface area (TPSA) is 75.6 Å². The molecule has 1 amide bonds. The van der Waals surface area contributed by atoms with Gasteiger partial charge in [0.25, 0.3) is 0 Å². The maximum atomic E-state index is 14.7. The van der Waals surface area contributed by atoms with Gasteiger partial charge in [0.2, 0.25) is 11.9 Å². The van der Waals surface area contributed by atoms with Gasteiger partial charge in [-0.25, -0.2) is 14.4 Å². The predicted octanol–water partition coefficient (Wildman–Crippen LogP) is 4.11. The third-order valence-corrected chi connectivity index (χ3v) is 9.78. The van der Waals surface area contributed by atoms with E-state index < -0.39 is 16.6 Å². The zero-order chi connectivity index (χ0) is 25.9. The summed E-state index contributed by atoms with van der Waals surface area (Å²) in [7, 11) is 0.861. The van der Waals surface area contributed by atoms with E-state index in [9.17, 15) is 13.4 Å². The van der Waals surface area contributed by atoms with Crippen LogP contribution in [-0.2, 0) is 22.0 Å². The molecule has 10 heteroatoms. The molecule has 0 N–H and O–H groups in total. The maximum Gasteiger partial charge on any atom is 0.227 e. The average Bonchev–Trinajstić information content (AvgIpc) is 3.54. The minimum atomic E-state index is -0.855. The van der Waals surface area contributed by atoms with Crippen molar-refractivity contribution in [3.8, 4) is 5.75 Å². The van der Waals surface area contributed by atoms with Crippen molar-refractivity contribution in [2.75, 3.05) is 43.1 Å². The summed E-state index contributed by atoms with van der Waals surface area (Å²) in [5.74, 6) is 3.97. The van der Waals surface area contributed by atoms with Crippen molar-refractivity contribution in [2.24, 2.45) is 17.8 Å². The normalized spacial score (nSPS) is 25.8. The van der Waals surface area contributed by atoms with E-state index in [1.807, 2.05) is 0 Å². The van der Waals surface area contributed by atoms with Crippen LogP contribution >= 0.6 is 11.6 Å². The van der Waals surface area contributed by atoms with E-state index >= 15 is 0 Å². The van der Waals surface area contributed by atoms with Crippen LogP contribution in [0.5, 0.6) is 5.75 Å². The lowest BCUT2D eigenvalue weighted by molar-refractivity contribution is -0.130. The van der Waals surface area contributed by atoms with E-state index in [4.69, 9.17) is 16.3 Å². The van der Waals surface area contributed by atoms with Gasteiger partial charge < -0.3 is 14.5 Å². The lowest BCUT2D eigenvalue weighted by atomic mass is 9.90. The Morgan fingerprint density at radius 2 is 2.00 bits per heavy atom. The fraction of sp³-hybridized carbons (Fsp3) is 0.593. The SMILES string of the molecule is CN(C(=O)Cc1ccc(OCCC2CC2C2CCN(c3ncc(Cl)cn3)CC2)cc1F)C1CCS(=O)C1. The van der Waals surface area contributed by atoms with Crippen molar-refractivity contribution in [3.05, 3.63) is 47.0 Å². The fourth-order valence-corrected chi connectivity index (χ4v) is 7.33. The molecule has 2 aliphatic heterocycles. The zero-order valence-electron chi connectivity index (χ0n) is 21.2. The number of carbonyl (C=O) groups is 1. The Labute approximate surface area is 225 Å². The molecule has 3 fully saturated rings. The number of ether oxygens (including phenoxy) is 1. The number of aromatic nitrogens is 2. The van der Waals surface area contributed by atoms with Crippen molar-refractivity contribution in [2.45, 2.75) is 44.6 Å². The van der Waals surface area contributed by atoms with Gasteiger partial charge in [-0.05, 0) is 61.5 Å². The highest BCUT2D eigenvalue weighted by atomic mass is 35.5. The molecule has 7 nitrogen and oxygen atoms in total. The molecule has 1 aliphatic carbocycles. The van der Waals surface area contributed by atoms with Gasteiger partial charge in [-0.1, -0.05) is 17.7 Å². The molecular weight excluding hydrogens is 515 g/mol. The lowest BCUT2D eigenvalue weighted by Crippen LogP contribution is -2.38. The number of carbonyl (C=O) groups excluding carboxylic acids is 1. The van der Waals surface area contributed by atoms with E-state index in [0.29, 0.717) is 40.4 Å². The lowest BCUT2D eigenvalue weighted by Gasteiger charge is -2.32. The summed E-state index contributed by atoms with van der Waals surface area (Å²) in [6, 6.07) is 4.75.